The Balaban J connectivity index is 2.03. The van der Waals surface area contributed by atoms with E-state index in [4.69, 9.17) is 21.1 Å². The molecule has 1 fully saturated rings. The lowest BCUT2D eigenvalue weighted by molar-refractivity contribution is -0.124. The Bertz CT molecular complexity index is 995. The number of halogens is 1. The highest BCUT2D eigenvalue weighted by molar-refractivity contribution is 7.89. The molecule has 0 saturated carbocycles. The average molecular weight is 453 g/mol. The van der Waals surface area contributed by atoms with Gasteiger partial charge in [0.25, 0.3) is 0 Å². The van der Waals surface area contributed by atoms with Crippen LogP contribution in [0.2, 0.25) is 5.02 Å². The number of nitrogens with zero attached hydrogens (tertiary/aromatic N) is 1. The monoisotopic (exact) mass is 452 g/mol. The van der Waals surface area contributed by atoms with Crippen molar-refractivity contribution in [2.24, 2.45) is 0 Å². The van der Waals surface area contributed by atoms with E-state index in [9.17, 15) is 13.2 Å². The fourth-order valence-electron chi connectivity index (χ4n) is 3.46. The number of carbonyl (C=O) groups is 1. The van der Waals surface area contributed by atoms with E-state index in [1.165, 1.54) is 42.8 Å². The first-order valence-electron chi connectivity index (χ1n) is 9.63. The summed E-state index contributed by atoms with van der Waals surface area (Å²) in [6.45, 7) is 0.559. The number of hydrogen-bond acceptors (Lipinski definition) is 5. The SMILES string of the molecule is COc1ccc(CN(C2CCCCNC2=O)S(=O)(=O)c2ccc(Cl)cc2)cc1OC. The highest BCUT2D eigenvalue weighted by atomic mass is 35.5. The molecule has 1 unspecified atom stereocenters. The summed E-state index contributed by atoms with van der Waals surface area (Å²) in [5, 5.41) is 3.26. The number of benzene rings is 2. The fraction of sp³-hybridized carbons (Fsp3) is 0.381. The van der Waals surface area contributed by atoms with Crippen molar-refractivity contribution in [2.75, 3.05) is 20.8 Å². The summed E-state index contributed by atoms with van der Waals surface area (Å²) < 4.78 is 38.9. The van der Waals surface area contributed by atoms with Gasteiger partial charge in [-0.2, -0.15) is 4.31 Å². The van der Waals surface area contributed by atoms with Crippen molar-refractivity contribution in [3.05, 3.63) is 53.1 Å². The molecule has 2 aromatic carbocycles. The van der Waals surface area contributed by atoms with Gasteiger partial charge in [-0.3, -0.25) is 4.79 Å². The molecule has 0 spiro atoms. The molecule has 9 heteroatoms. The Morgan fingerprint density at radius 3 is 2.43 bits per heavy atom. The number of hydrogen-bond donors (Lipinski definition) is 1. The molecule has 1 amide bonds. The van der Waals surface area contributed by atoms with Crippen molar-refractivity contribution in [2.45, 2.75) is 36.7 Å². The maximum atomic E-state index is 13.5. The van der Waals surface area contributed by atoms with Crippen molar-refractivity contribution in [1.29, 1.82) is 0 Å². The maximum absolute atomic E-state index is 13.5. The van der Waals surface area contributed by atoms with Gasteiger partial charge in [-0.15, -0.1) is 0 Å². The number of carbonyl (C=O) groups excluding carboxylic acids is 1. The molecule has 7 nitrogen and oxygen atoms in total. The van der Waals surface area contributed by atoms with Crippen LogP contribution in [-0.2, 0) is 21.4 Å². The van der Waals surface area contributed by atoms with Crippen molar-refractivity contribution in [1.82, 2.24) is 9.62 Å². The molecular formula is C21H25ClN2O5S. The quantitative estimate of drug-likeness (QED) is 0.697. The molecule has 1 saturated heterocycles. The Hall–Kier alpha value is -2.29. The topological polar surface area (TPSA) is 84.9 Å². The van der Waals surface area contributed by atoms with Gasteiger partial charge < -0.3 is 14.8 Å². The Kier molecular flexibility index (Phi) is 7.23. The van der Waals surface area contributed by atoms with Crippen LogP contribution in [-0.4, -0.2) is 45.4 Å². The lowest BCUT2D eigenvalue weighted by Crippen LogP contribution is -2.48. The Morgan fingerprint density at radius 2 is 1.77 bits per heavy atom. The van der Waals surface area contributed by atoms with Crippen LogP contribution >= 0.6 is 11.6 Å². The third-order valence-corrected chi connectivity index (χ3v) is 7.18. The highest BCUT2D eigenvalue weighted by Gasteiger charge is 2.36. The molecule has 3 rings (SSSR count). The van der Waals surface area contributed by atoms with Crippen LogP contribution in [0.15, 0.2) is 47.4 Å². The summed E-state index contributed by atoms with van der Waals surface area (Å²) in [7, 11) is -0.909. The number of ether oxygens (including phenoxy) is 2. The van der Waals surface area contributed by atoms with Gasteiger partial charge in [0.1, 0.15) is 6.04 Å². The van der Waals surface area contributed by atoms with Gasteiger partial charge >= 0.3 is 0 Å². The summed E-state index contributed by atoms with van der Waals surface area (Å²) in [5.41, 5.74) is 0.683. The van der Waals surface area contributed by atoms with E-state index >= 15 is 0 Å². The first-order chi connectivity index (χ1) is 14.4. The zero-order valence-corrected chi connectivity index (χ0v) is 18.5. The van der Waals surface area contributed by atoms with Crippen molar-refractivity contribution < 1.29 is 22.7 Å². The Labute approximate surface area is 182 Å². The maximum Gasteiger partial charge on any atom is 0.244 e. The van der Waals surface area contributed by atoms with Crippen molar-refractivity contribution in [3.8, 4) is 11.5 Å². The molecule has 0 radical (unpaired) electrons. The van der Waals surface area contributed by atoms with Gasteiger partial charge in [0.2, 0.25) is 15.9 Å². The molecule has 1 N–H and O–H groups in total. The van der Waals surface area contributed by atoms with Crippen LogP contribution in [0.4, 0.5) is 0 Å². The van der Waals surface area contributed by atoms with Gasteiger partial charge in [-0.25, -0.2) is 8.42 Å². The van der Waals surface area contributed by atoms with Crippen molar-refractivity contribution >= 4 is 27.5 Å². The van der Waals surface area contributed by atoms with E-state index in [-0.39, 0.29) is 17.3 Å². The van der Waals surface area contributed by atoms with Crippen LogP contribution in [0.5, 0.6) is 11.5 Å². The van der Waals surface area contributed by atoms with Gasteiger partial charge in [-0.1, -0.05) is 17.7 Å². The summed E-state index contributed by atoms with van der Waals surface area (Å²) >= 11 is 5.93. The summed E-state index contributed by atoms with van der Waals surface area (Å²) in [6, 6.07) is 10.3. The Morgan fingerprint density at radius 1 is 1.07 bits per heavy atom. The van der Waals surface area contributed by atoms with E-state index in [1.54, 1.807) is 18.2 Å². The van der Waals surface area contributed by atoms with E-state index in [1.807, 2.05) is 0 Å². The van der Waals surface area contributed by atoms with E-state index in [2.05, 4.69) is 5.32 Å². The van der Waals surface area contributed by atoms with E-state index in [0.717, 1.165) is 12.8 Å². The minimum Gasteiger partial charge on any atom is -0.493 e. The fourth-order valence-corrected chi connectivity index (χ4v) is 5.19. The second-order valence-electron chi connectivity index (χ2n) is 7.00. The standard InChI is InChI=1S/C21H25ClN2O5S/c1-28-19-11-6-15(13-20(19)29-2)14-24(18-5-3-4-12-23-21(18)25)30(26,27)17-9-7-16(22)8-10-17/h6-11,13,18H,3-5,12,14H2,1-2H3,(H,23,25). The first kappa shape index (κ1) is 22.4. The molecule has 2 aromatic rings. The summed E-state index contributed by atoms with van der Waals surface area (Å²) in [6.07, 6.45) is 2.02. The van der Waals surface area contributed by atoms with E-state index < -0.39 is 16.1 Å². The third kappa shape index (κ3) is 4.88. The minimum absolute atomic E-state index is 0.0173. The number of sulfonamides is 1. The molecular weight excluding hydrogens is 428 g/mol. The highest BCUT2D eigenvalue weighted by Crippen LogP contribution is 2.31. The van der Waals surface area contributed by atoms with Gasteiger partial charge in [0.05, 0.1) is 19.1 Å². The summed E-state index contributed by atoms with van der Waals surface area (Å²) in [4.78, 5) is 12.8. The number of methoxy groups -OCH3 is 2. The second-order valence-corrected chi connectivity index (χ2v) is 9.32. The lowest BCUT2D eigenvalue weighted by atomic mass is 10.1. The number of rotatable bonds is 7. The normalized spacial score (nSPS) is 17.3. The second kappa shape index (κ2) is 9.68. The predicted octanol–water partition coefficient (Wildman–Crippen LogP) is 3.22. The molecule has 0 aromatic heterocycles. The van der Waals surface area contributed by atoms with Crippen LogP contribution in [0, 0.1) is 0 Å². The molecule has 1 aliphatic rings. The van der Waals surface area contributed by atoms with Crippen molar-refractivity contribution in [3.63, 3.8) is 0 Å². The zero-order chi connectivity index (χ0) is 21.7. The molecule has 1 heterocycles. The molecule has 1 aliphatic heterocycles. The number of nitrogens with one attached hydrogen (secondary N) is 1. The van der Waals surface area contributed by atoms with Gasteiger partial charge in [0.15, 0.2) is 11.5 Å². The first-order valence-corrected chi connectivity index (χ1v) is 11.4. The predicted molar refractivity (Wildman–Crippen MR) is 114 cm³/mol. The molecule has 30 heavy (non-hydrogen) atoms. The summed E-state index contributed by atoms with van der Waals surface area (Å²) in [5.74, 6) is 0.746. The van der Waals surface area contributed by atoms with Gasteiger partial charge in [0, 0.05) is 18.1 Å². The molecule has 162 valence electrons. The molecule has 0 bridgehead atoms. The van der Waals surface area contributed by atoms with E-state index in [0.29, 0.717) is 35.1 Å². The zero-order valence-electron chi connectivity index (χ0n) is 16.9. The van der Waals surface area contributed by atoms with Crippen LogP contribution < -0.4 is 14.8 Å². The van der Waals surface area contributed by atoms with Crippen LogP contribution in [0.25, 0.3) is 0 Å². The third-order valence-electron chi connectivity index (χ3n) is 5.06. The molecule has 0 aliphatic carbocycles. The lowest BCUT2D eigenvalue weighted by Gasteiger charge is -2.29. The largest absolute Gasteiger partial charge is 0.493 e. The van der Waals surface area contributed by atoms with Crippen LogP contribution in [0.3, 0.4) is 0 Å². The number of amides is 1. The van der Waals surface area contributed by atoms with Gasteiger partial charge in [-0.05, 0) is 61.2 Å². The smallest absolute Gasteiger partial charge is 0.244 e. The average Bonchev–Trinajstić information content (AvgIpc) is 2.96. The van der Waals surface area contributed by atoms with Crippen LogP contribution in [0.1, 0.15) is 24.8 Å². The minimum atomic E-state index is -3.96. The molecule has 1 atom stereocenters.